The lowest BCUT2D eigenvalue weighted by Gasteiger charge is -2.41. The fourth-order valence-corrected chi connectivity index (χ4v) is 4.11. The molecule has 5 nitrogen and oxygen atoms in total. The number of hydrogen-bond acceptors (Lipinski definition) is 5. The van der Waals surface area contributed by atoms with E-state index in [0.29, 0.717) is 32.3 Å². The molecule has 0 saturated heterocycles. The summed E-state index contributed by atoms with van der Waals surface area (Å²) in [7, 11) is 1.37. The Labute approximate surface area is 168 Å². The van der Waals surface area contributed by atoms with Crippen molar-refractivity contribution >= 4 is 11.8 Å². The Morgan fingerprint density at radius 3 is 2.79 bits per heavy atom. The van der Waals surface area contributed by atoms with E-state index < -0.39 is 6.10 Å². The number of methoxy groups -OCH3 is 1. The van der Waals surface area contributed by atoms with E-state index in [1.54, 1.807) is 0 Å². The lowest BCUT2D eigenvalue weighted by atomic mass is 9.77. The molecule has 0 spiro atoms. The number of carbonyl (C=O) groups is 2. The van der Waals surface area contributed by atoms with Gasteiger partial charge in [0.05, 0.1) is 25.4 Å². The van der Waals surface area contributed by atoms with E-state index in [2.05, 4.69) is 23.5 Å². The van der Waals surface area contributed by atoms with Gasteiger partial charge in [0, 0.05) is 37.5 Å². The van der Waals surface area contributed by atoms with Crippen LogP contribution in [-0.2, 0) is 19.1 Å². The van der Waals surface area contributed by atoms with Crippen molar-refractivity contribution in [2.45, 2.75) is 82.8 Å². The standard InChI is InChI=1S/C23H34O5/c1-3-13-23(14-9-15-23)28-16-8-11-19-18(20(24)17-21(19)25)10-6-4-5-7-12-22(26)27-2/h8,11,18-19,21,25H,3,5,7,9-10,12-17H2,1-2H3/b11-8+/t18-,19-,21-/m1/s1. The minimum Gasteiger partial charge on any atom is -0.469 e. The fourth-order valence-electron chi connectivity index (χ4n) is 4.11. The molecule has 2 rings (SSSR count). The third-order valence-corrected chi connectivity index (χ3v) is 5.90. The Hall–Kier alpha value is -1.64. The fraction of sp³-hybridized carbons (Fsp3) is 0.739. The second-order valence-electron chi connectivity index (χ2n) is 7.93. The highest BCUT2D eigenvalue weighted by Crippen LogP contribution is 2.39. The Kier molecular flexibility index (Phi) is 9.21. The third-order valence-electron chi connectivity index (χ3n) is 5.90. The lowest BCUT2D eigenvalue weighted by Crippen LogP contribution is -2.40. The second kappa shape index (κ2) is 11.4. The molecule has 0 aliphatic heterocycles. The van der Waals surface area contributed by atoms with E-state index in [1.807, 2.05) is 12.2 Å². The van der Waals surface area contributed by atoms with Crippen LogP contribution in [0.1, 0.15) is 71.1 Å². The van der Waals surface area contributed by atoms with Crippen molar-refractivity contribution < 1.29 is 24.2 Å². The summed E-state index contributed by atoms with van der Waals surface area (Å²) in [5.74, 6) is 5.47. The molecule has 0 bridgehead atoms. The third kappa shape index (κ3) is 6.46. The summed E-state index contributed by atoms with van der Waals surface area (Å²) in [5.41, 5.74) is 0.0538. The molecule has 2 saturated carbocycles. The summed E-state index contributed by atoms with van der Waals surface area (Å²) in [5, 5.41) is 10.2. The molecule has 156 valence electrons. The van der Waals surface area contributed by atoms with E-state index in [0.717, 1.165) is 25.7 Å². The van der Waals surface area contributed by atoms with Gasteiger partial charge < -0.3 is 14.6 Å². The first-order chi connectivity index (χ1) is 13.5. The number of esters is 1. The number of ketones is 1. The van der Waals surface area contributed by atoms with Crippen LogP contribution in [-0.4, -0.2) is 42.3 Å². The zero-order valence-corrected chi connectivity index (χ0v) is 17.2. The minimum atomic E-state index is -0.636. The molecular weight excluding hydrogens is 356 g/mol. The molecule has 2 aliphatic rings. The van der Waals surface area contributed by atoms with Crippen molar-refractivity contribution in [3.05, 3.63) is 12.2 Å². The Morgan fingerprint density at radius 1 is 1.36 bits per heavy atom. The van der Waals surface area contributed by atoms with Gasteiger partial charge in [0.1, 0.15) is 5.78 Å². The van der Waals surface area contributed by atoms with Crippen LogP contribution in [0, 0.1) is 23.7 Å². The van der Waals surface area contributed by atoms with Gasteiger partial charge in [-0.3, -0.25) is 9.59 Å². The summed E-state index contributed by atoms with van der Waals surface area (Å²) in [6.45, 7) is 2.71. The molecule has 2 aliphatic carbocycles. The van der Waals surface area contributed by atoms with E-state index in [1.165, 1.54) is 13.5 Å². The number of hydrogen-bond donors (Lipinski definition) is 1. The quantitative estimate of drug-likeness (QED) is 0.267. The van der Waals surface area contributed by atoms with Gasteiger partial charge in [0.15, 0.2) is 0 Å². The molecule has 1 N–H and O–H groups in total. The zero-order valence-electron chi connectivity index (χ0n) is 17.2. The average molecular weight is 391 g/mol. The first kappa shape index (κ1) is 22.6. The number of carbonyl (C=O) groups excluding carboxylic acids is 2. The van der Waals surface area contributed by atoms with Crippen LogP contribution in [0.4, 0.5) is 0 Å². The van der Waals surface area contributed by atoms with Gasteiger partial charge in [-0.25, -0.2) is 0 Å². The van der Waals surface area contributed by atoms with Crippen LogP contribution in [0.5, 0.6) is 0 Å². The maximum Gasteiger partial charge on any atom is 0.305 e. The van der Waals surface area contributed by atoms with Gasteiger partial charge in [-0.05, 0) is 32.1 Å². The summed E-state index contributed by atoms with van der Waals surface area (Å²) < 4.78 is 10.7. The molecule has 5 heteroatoms. The van der Waals surface area contributed by atoms with Crippen LogP contribution in [0.15, 0.2) is 12.2 Å². The van der Waals surface area contributed by atoms with Crippen molar-refractivity contribution in [3.63, 3.8) is 0 Å². The summed E-state index contributed by atoms with van der Waals surface area (Å²) >= 11 is 0. The van der Waals surface area contributed by atoms with E-state index in [4.69, 9.17) is 4.74 Å². The number of ether oxygens (including phenoxy) is 2. The molecule has 3 atom stereocenters. The first-order valence-corrected chi connectivity index (χ1v) is 10.6. The highest BCUT2D eigenvalue weighted by molar-refractivity contribution is 5.85. The van der Waals surface area contributed by atoms with Crippen LogP contribution in [0.3, 0.4) is 0 Å². The topological polar surface area (TPSA) is 72.8 Å². The maximum atomic E-state index is 12.2. The molecule has 0 aromatic heterocycles. The molecule has 0 heterocycles. The largest absolute Gasteiger partial charge is 0.469 e. The molecule has 0 radical (unpaired) electrons. The van der Waals surface area contributed by atoms with Crippen LogP contribution in [0.25, 0.3) is 0 Å². The highest BCUT2D eigenvalue weighted by atomic mass is 16.5. The number of unbranched alkanes of at least 4 members (excludes halogenated alkanes) is 1. The van der Waals surface area contributed by atoms with Gasteiger partial charge in [0.2, 0.25) is 0 Å². The van der Waals surface area contributed by atoms with Crippen molar-refractivity contribution in [3.8, 4) is 11.8 Å². The minimum absolute atomic E-state index is 0.0538. The smallest absolute Gasteiger partial charge is 0.305 e. The molecule has 28 heavy (non-hydrogen) atoms. The molecular formula is C23H34O5. The molecule has 0 aromatic carbocycles. The first-order valence-electron chi connectivity index (χ1n) is 10.6. The second-order valence-corrected chi connectivity index (χ2v) is 7.93. The predicted molar refractivity (Wildman–Crippen MR) is 107 cm³/mol. The average Bonchev–Trinajstić information content (AvgIpc) is 2.91. The number of Topliss-reactive ketones (excluding diaryl/α,β-unsaturated/α-hetero) is 1. The van der Waals surface area contributed by atoms with Gasteiger partial charge in [-0.1, -0.05) is 25.5 Å². The zero-order chi connectivity index (χ0) is 20.4. The van der Waals surface area contributed by atoms with Crippen LogP contribution >= 0.6 is 0 Å². The van der Waals surface area contributed by atoms with E-state index >= 15 is 0 Å². The van der Waals surface area contributed by atoms with Gasteiger partial charge >= 0.3 is 5.97 Å². The monoisotopic (exact) mass is 390 g/mol. The van der Waals surface area contributed by atoms with E-state index in [9.17, 15) is 14.7 Å². The van der Waals surface area contributed by atoms with Gasteiger partial charge in [-0.2, -0.15) is 0 Å². The highest BCUT2D eigenvalue weighted by Gasteiger charge is 2.39. The number of aliphatic hydroxyl groups excluding tert-OH is 1. The van der Waals surface area contributed by atoms with Crippen molar-refractivity contribution in [2.75, 3.05) is 13.7 Å². The Balaban J connectivity index is 1.79. The number of aliphatic hydroxyl groups is 1. The van der Waals surface area contributed by atoms with Crippen molar-refractivity contribution in [2.24, 2.45) is 11.8 Å². The predicted octanol–water partition coefficient (Wildman–Crippen LogP) is 3.58. The SMILES string of the molecule is CCCC1(OC/C=C/[C@H]2[C@H](O)CC(=O)[C@@H]2CC#CCCCC(=O)OC)CCC1. The van der Waals surface area contributed by atoms with Crippen LogP contribution < -0.4 is 0 Å². The van der Waals surface area contributed by atoms with Crippen LogP contribution in [0.2, 0.25) is 0 Å². The lowest BCUT2D eigenvalue weighted by molar-refractivity contribution is -0.140. The van der Waals surface area contributed by atoms with Gasteiger partial charge in [-0.15, -0.1) is 11.8 Å². The molecule has 0 unspecified atom stereocenters. The van der Waals surface area contributed by atoms with E-state index in [-0.39, 0.29) is 35.6 Å². The van der Waals surface area contributed by atoms with Gasteiger partial charge in [0.25, 0.3) is 0 Å². The molecule has 0 aromatic rings. The maximum absolute atomic E-state index is 12.2. The Bertz CT molecular complexity index is 608. The van der Waals surface area contributed by atoms with Crippen molar-refractivity contribution in [1.82, 2.24) is 0 Å². The summed E-state index contributed by atoms with van der Waals surface area (Å²) in [6, 6.07) is 0. The molecule has 0 amide bonds. The number of rotatable bonds is 10. The van der Waals surface area contributed by atoms with Crippen molar-refractivity contribution in [1.29, 1.82) is 0 Å². The Morgan fingerprint density at radius 2 is 2.14 bits per heavy atom. The molecule has 2 fully saturated rings. The normalized spacial score (nSPS) is 26.0. The summed E-state index contributed by atoms with van der Waals surface area (Å²) in [4.78, 5) is 23.3. The summed E-state index contributed by atoms with van der Waals surface area (Å²) in [6.07, 6.45) is 11.2.